The van der Waals surface area contributed by atoms with Gasteiger partial charge in [-0.15, -0.1) is 0 Å². The van der Waals surface area contributed by atoms with Gasteiger partial charge < -0.3 is 10.6 Å². The van der Waals surface area contributed by atoms with Gasteiger partial charge in [-0.1, -0.05) is 32.0 Å². The number of carbonyl (C=O) groups excluding carboxylic acids is 1. The van der Waals surface area contributed by atoms with Crippen LogP contribution in [0.3, 0.4) is 0 Å². The molecule has 0 bridgehead atoms. The average molecular weight is 299 g/mol. The van der Waals surface area contributed by atoms with Gasteiger partial charge in [-0.2, -0.15) is 0 Å². The number of nitrogens with zero attached hydrogens (tertiary/aromatic N) is 1. The number of hydrogen-bond donors (Lipinski definition) is 2. The van der Waals surface area contributed by atoms with Crippen LogP contribution in [0.15, 0.2) is 24.3 Å². The Morgan fingerprint density at radius 3 is 2.77 bits per heavy atom. The number of nitrogens with one attached hydrogen (secondary N) is 2. The normalized spacial score (nSPS) is 17.3. The van der Waals surface area contributed by atoms with Gasteiger partial charge >= 0.3 is 6.03 Å². The van der Waals surface area contributed by atoms with E-state index >= 15 is 0 Å². The SMILES string of the molecule is CC(C)NC(=O)n1c2c(c3ccccc31)C(C)(C)CNCC2. The van der Waals surface area contributed by atoms with Crippen LogP contribution in [-0.2, 0) is 11.8 Å². The van der Waals surface area contributed by atoms with E-state index < -0.39 is 0 Å². The molecular weight excluding hydrogens is 274 g/mol. The van der Waals surface area contributed by atoms with Crippen LogP contribution in [0.2, 0.25) is 0 Å². The Balaban J connectivity index is 2.28. The molecule has 0 saturated heterocycles. The van der Waals surface area contributed by atoms with Crippen molar-refractivity contribution in [3.63, 3.8) is 0 Å². The molecule has 1 amide bonds. The molecular formula is C18H25N3O. The largest absolute Gasteiger partial charge is 0.335 e. The Bertz CT molecular complexity index is 712. The van der Waals surface area contributed by atoms with Crippen molar-refractivity contribution in [1.82, 2.24) is 15.2 Å². The molecule has 0 atom stereocenters. The molecule has 1 aliphatic heterocycles. The summed E-state index contributed by atoms with van der Waals surface area (Å²) in [6.45, 7) is 10.3. The minimum absolute atomic E-state index is 0.00873. The first kappa shape index (κ1) is 15.1. The molecule has 0 unspecified atom stereocenters. The van der Waals surface area contributed by atoms with Crippen molar-refractivity contribution < 1.29 is 4.79 Å². The maximum Gasteiger partial charge on any atom is 0.326 e. The highest BCUT2D eigenvalue weighted by atomic mass is 16.2. The van der Waals surface area contributed by atoms with Gasteiger partial charge in [0.1, 0.15) is 0 Å². The lowest BCUT2D eigenvalue weighted by Crippen LogP contribution is -2.35. The summed E-state index contributed by atoms with van der Waals surface area (Å²) in [6, 6.07) is 8.35. The standard InChI is InChI=1S/C18H25N3O/c1-12(2)20-17(22)21-14-8-6-5-7-13(14)16-15(21)9-10-19-11-18(16,3)4/h5-8,12,19H,9-11H2,1-4H3,(H,20,22). The fraction of sp³-hybridized carbons (Fsp3) is 0.500. The number of amides is 1. The van der Waals surface area contributed by atoms with Crippen molar-refractivity contribution >= 4 is 16.9 Å². The Morgan fingerprint density at radius 2 is 2.05 bits per heavy atom. The molecule has 22 heavy (non-hydrogen) atoms. The summed E-state index contributed by atoms with van der Waals surface area (Å²) >= 11 is 0. The van der Waals surface area contributed by atoms with Gasteiger partial charge in [0, 0.05) is 42.0 Å². The van der Waals surface area contributed by atoms with Crippen molar-refractivity contribution in [3.05, 3.63) is 35.5 Å². The molecule has 1 aliphatic rings. The Labute approximate surface area is 131 Å². The van der Waals surface area contributed by atoms with Crippen molar-refractivity contribution in [2.75, 3.05) is 13.1 Å². The van der Waals surface area contributed by atoms with Gasteiger partial charge in [-0.05, 0) is 25.5 Å². The number of hydrogen-bond acceptors (Lipinski definition) is 2. The first-order valence-electron chi connectivity index (χ1n) is 8.06. The lowest BCUT2D eigenvalue weighted by Gasteiger charge is -2.24. The first-order valence-corrected chi connectivity index (χ1v) is 8.06. The second-order valence-corrected chi connectivity index (χ2v) is 7.09. The maximum absolute atomic E-state index is 12.8. The topological polar surface area (TPSA) is 46.1 Å². The van der Waals surface area contributed by atoms with E-state index in [0.29, 0.717) is 0 Å². The van der Waals surface area contributed by atoms with Gasteiger partial charge in [0.25, 0.3) is 0 Å². The smallest absolute Gasteiger partial charge is 0.326 e. The minimum atomic E-state index is -0.0230. The third-order valence-electron chi connectivity index (χ3n) is 4.37. The summed E-state index contributed by atoms with van der Waals surface area (Å²) in [5.74, 6) is 0. The van der Waals surface area contributed by atoms with Crippen LogP contribution in [0.4, 0.5) is 4.79 Å². The zero-order valence-electron chi connectivity index (χ0n) is 13.9. The molecule has 0 fully saturated rings. The Morgan fingerprint density at radius 1 is 1.32 bits per heavy atom. The number of aromatic nitrogens is 1. The molecule has 1 aromatic heterocycles. The zero-order chi connectivity index (χ0) is 15.9. The molecule has 0 radical (unpaired) electrons. The van der Waals surface area contributed by atoms with Gasteiger partial charge in [0.05, 0.1) is 5.52 Å². The van der Waals surface area contributed by atoms with Crippen LogP contribution in [0, 0.1) is 0 Å². The van der Waals surface area contributed by atoms with Gasteiger partial charge in [0.2, 0.25) is 0 Å². The number of fused-ring (bicyclic) bond motifs is 3. The molecule has 2 heterocycles. The fourth-order valence-corrected chi connectivity index (χ4v) is 3.52. The van der Waals surface area contributed by atoms with E-state index in [1.165, 1.54) is 10.9 Å². The summed E-state index contributed by atoms with van der Waals surface area (Å²) in [6.07, 6.45) is 0.874. The molecule has 4 nitrogen and oxygen atoms in total. The minimum Gasteiger partial charge on any atom is -0.335 e. The molecule has 1 aromatic carbocycles. The number of benzene rings is 1. The van der Waals surface area contributed by atoms with Crippen LogP contribution < -0.4 is 10.6 Å². The summed E-state index contributed by atoms with van der Waals surface area (Å²) in [5, 5.41) is 7.74. The lowest BCUT2D eigenvalue weighted by molar-refractivity contribution is 0.240. The summed E-state index contributed by atoms with van der Waals surface area (Å²) in [5.41, 5.74) is 3.48. The van der Waals surface area contributed by atoms with Crippen molar-refractivity contribution in [3.8, 4) is 0 Å². The van der Waals surface area contributed by atoms with E-state index in [9.17, 15) is 4.79 Å². The molecule has 0 spiro atoms. The summed E-state index contributed by atoms with van der Waals surface area (Å²) in [4.78, 5) is 12.8. The molecule has 118 valence electrons. The van der Waals surface area contributed by atoms with E-state index in [1.54, 1.807) is 0 Å². The molecule has 3 rings (SSSR count). The van der Waals surface area contributed by atoms with E-state index in [4.69, 9.17) is 0 Å². The van der Waals surface area contributed by atoms with Crippen LogP contribution >= 0.6 is 0 Å². The third kappa shape index (κ3) is 2.41. The Kier molecular flexibility index (Phi) is 3.73. The number of para-hydroxylation sites is 1. The maximum atomic E-state index is 12.8. The average Bonchev–Trinajstić information content (AvgIpc) is 2.69. The molecule has 0 aliphatic carbocycles. The van der Waals surface area contributed by atoms with Crippen LogP contribution in [0.25, 0.3) is 10.9 Å². The predicted molar refractivity (Wildman–Crippen MR) is 90.6 cm³/mol. The summed E-state index contributed by atoms with van der Waals surface area (Å²) < 4.78 is 1.89. The van der Waals surface area contributed by atoms with Gasteiger partial charge in [-0.25, -0.2) is 4.79 Å². The first-order chi connectivity index (χ1) is 10.4. The van der Waals surface area contributed by atoms with E-state index in [1.807, 2.05) is 30.5 Å². The summed E-state index contributed by atoms with van der Waals surface area (Å²) in [7, 11) is 0. The van der Waals surface area contributed by atoms with Crippen molar-refractivity contribution in [2.45, 2.75) is 45.6 Å². The van der Waals surface area contributed by atoms with E-state index in [-0.39, 0.29) is 17.5 Å². The monoisotopic (exact) mass is 299 g/mol. The highest BCUT2D eigenvalue weighted by Gasteiger charge is 2.32. The van der Waals surface area contributed by atoms with Crippen LogP contribution in [0.1, 0.15) is 39.0 Å². The van der Waals surface area contributed by atoms with Crippen LogP contribution in [-0.4, -0.2) is 29.7 Å². The molecule has 0 saturated carbocycles. The van der Waals surface area contributed by atoms with Crippen molar-refractivity contribution in [1.29, 1.82) is 0 Å². The third-order valence-corrected chi connectivity index (χ3v) is 4.37. The number of rotatable bonds is 1. The second-order valence-electron chi connectivity index (χ2n) is 7.09. The van der Waals surface area contributed by atoms with E-state index in [0.717, 1.165) is 30.7 Å². The Hall–Kier alpha value is -1.81. The number of carbonyl (C=O) groups is 1. The second kappa shape index (κ2) is 5.43. The van der Waals surface area contributed by atoms with Crippen molar-refractivity contribution in [2.24, 2.45) is 0 Å². The quantitative estimate of drug-likeness (QED) is 0.850. The van der Waals surface area contributed by atoms with Crippen LogP contribution in [0.5, 0.6) is 0 Å². The highest BCUT2D eigenvalue weighted by molar-refractivity contribution is 5.96. The fourth-order valence-electron chi connectivity index (χ4n) is 3.52. The zero-order valence-corrected chi connectivity index (χ0v) is 13.9. The molecule has 4 heteroatoms. The molecule has 2 N–H and O–H groups in total. The predicted octanol–water partition coefficient (Wildman–Crippen LogP) is 3.03. The lowest BCUT2D eigenvalue weighted by atomic mass is 9.83. The van der Waals surface area contributed by atoms with Gasteiger partial charge in [-0.3, -0.25) is 4.57 Å². The highest BCUT2D eigenvalue weighted by Crippen LogP contribution is 2.37. The van der Waals surface area contributed by atoms with Gasteiger partial charge in [0.15, 0.2) is 0 Å². The van der Waals surface area contributed by atoms with E-state index in [2.05, 4.69) is 36.6 Å². The molecule has 2 aromatic rings.